The quantitative estimate of drug-likeness (QED) is 0.681. The smallest absolute Gasteiger partial charge is 0.255 e. The highest BCUT2D eigenvalue weighted by molar-refractivity contribution is 7.89. The fraction of sp³-hybridized carbons (Fsp3) is 0.381. The van der Waals surface area contributed by atoms with E-state index in [4.69, 9.17) is 0 Å². The molecule has 174 valence electrons. The fourth-order valence-electron chi connectivity index (χ4n) is 3.47. The molecule has 11 heteroatoms. The van der Waals surface area contributed by atoms with Crippen LogP contribution in [0.3, 0.4) is 0 Å². The van der Waals surface area contributed by atoms with Gasteiger partial charge in [-0.2, -0.15) is 4.31 Å². The van der Waals surface area contributed by atoms with Crippen LogP contribution in [0.2, 0.25) is 0 Å². The van der Waals surface area contributed by atoms with E-state index in [1.54, 1.807) is 0 Å². The van der Waals surface area contributed by atoms with Crippen LogP contribution in [0.4, 0.5) is 10.1 Å². The van der Waals surface area contributed by atoms with Crippen molar-refractivity contribution in [3.8, 4) is 0 Å². The Morgan fingerprint density at radius 1 is 1.09 bits per heavy atom. The number of piperidine rings is 1. The number of halogens is 1. The second kappa shape index (κ2) is 9.26. The summed E-state index contributed by atoms with van der Waals surface area (Å²) in [4.78, 5) is 12.1. The average Bonchev–Trinajstić information content (AvgIpc) is 2.74. The SMILES string of the molecule is CC1CCCN(S(=O)(=O)c2ccc(NC(=O)c3ccc(F)c(S(=O)(=O)N(C)C)c3)cc2)C1. The molecule has 0 bridgehead atoms. The molecular weight excluding hydrogens is 457 g/mol. The summed E-state index contributed by atoms with van der Waals surface area (Å²) in [5.41, 5.74) is 0.271. The average molecular weight is 484 g/mol. The Bertz CT molecular complexity index is 1210. The summed E-state index contributed by atoms with van der Waals surface area (Å²) < 4.78 is 66.6. The Balaban J connectivity index is 1.78. The number of carbonyl (C=O) groups excluding carboxylic acids is 1. The van der Waals surface area contributed by atoms with Crippen molar-refractivity contribution in [1.82, 2.24) is 8.61 Å². The molecule has 2 aromatic rings. The van der Waals surface area contributed by atoms with Gasteiger partial charge >= 0.3 is 0 Å². The van der Waals surface area contributed by atoms with Gasteiger partial charge in [0.05, 0.1) is 4.90 Å². The summed E-state index contributed by atoms with van der Waals surface area (Å²) in [5.74, 6) is -1.31. The molecule has 3 rings (SSSR count). The molecule has 1 aliphatic rings. The molecule has 1 fully saturated rings. The predicted octanol–water partition coefficient (Wildman–Crippen LogP) is 2.75. The van der Waals surface area contributed by atoms with E-state index in [0.717, 1.165) is 29.3 Å². The lowest BCUT2D eigenvalue weighted by molar-refractivity contribution is 0.102. The second-order valence-electron chi connectivity index (χ2n) is 8.02. The highest BCUT2D eigenvalue weighted by Gasteiger charge is 2.28. The summed E-state index contributed by atoms with van der Waals surface area (Å²) in [5, 5.41) is 2.57. The number of benzene rings is 2. The molecule has 32 heavy (non-hydrogen) atoms. The second-order valence-corrected chi connectivity index (χ2v) is 12.1. The Morgan fingerprint density at radius 3 is 2.34 bits per heavy atom. The van der Waals surface area contributed by atoms with Crippen molar-refractivity contribution < 1.29 is 26.0 Å². The molecule has 1 unspecified atom stereocenters. The monoisotopic (exact) mass is 483 g/mol. The highest BCUT2D eigenvalue weighted by atomic mass is 32.2. The van der Waals surface area contributed by atoms with Gasteiger partial charge < -0.3 is 5.32 Å². The molecule has 2 aromatic carbocycles. The third kappa shape index (κ3) is 5.01. The van der Waals surface area contributed by atoms with Gasteiger partial charge in [0, 0.05) is 38.4 Å². The van der Waals surface area contributed by atoms with Crippen molar-refractivity contribution >= 4 is 31.6 Å². The third-order valence-corrected chi connectivity index (χ3v) is 9.03. The molecule has 1 aliphatic heterocycles. The van der Waals surface area contributed by atoms with Crippen LogP contribution in [0.5, 0.6) is 0 Å². The number of hydrogen-bond acceptors (Lipinski definition) is 5. The van der Waals surface area contributed by atoms with Gasteiger partial charge in [0.25, 0.3) is 5.91 Å². The van der Waals surface area contributed by atoms with Crippen molar-refractivity contribution in [1.29, 1.82) is 0 Å². The van der Waals surface area contributed by atoms with Gasteiger partial charge in [-0.05, 0) is 61.2 Å². The van der Waals surface area contributed by atoms with Gasteiger partial charge in [-0.15, -0.1) is 0 Å². The van der Waals surface area contributed by atoms with Crippen molar-refractivity contribution in [2.24, 2.45) is 5.92 Å². The maximum atomic E-state index is 14.1. The van der Waals surface area contributed by atoms with Gasteiger partial charge in [-0.25, -0.2) is 25.5 Å². The lowest BCUT2D eigenvalue weighted by Gasteiger charge is -2.30. The number of sulfonamides is 2. The molecule has 1 N–H and O–H groups in total. The van der Waals surface area contributed by atoms with Gasteiger partial charge in [0.2, 0.25) is 20.0 Å². The molecule has 1 saturated heterocycles. The number of hydrogen-bond donors (Lipinski definition) is 1. The maximum Gasteiger partial charge on any atom is 0.255 e. The lowest BCUT2D eigenvalue weighted by atomic mass is 10.0. The Kier molecular flexibility index (Phi) is 7.03. The first-order valence-electron chi connectivity index (χ1n) is 10.1. The van der Waals surface area contributed by atoms with E-state index in [1.165, 1.54) is 48.7 Å². The Hall–Kier alpha value is -2.34. The predicted molar refractivity (Wildman–Crippen MR) is 119 cm³/mol. The minimum absolute atomic E-state index is 0.0502. The first kappa shape index (κ1) is 24.3. The van der Waals surface area contributed by atoms with Crippen LogP contribution in [0.1, 0.15) is 30.1 Å². The first-order valence-corrected chi connectivity index (χ1v) is 12.9. The lowest BCUT2D eigenvalue weighted by Crippen LogP contribution is -2.39. The summed E-state index contributed by atoms with van der Waals surface area (Å²) >= 11 is 0. The topological polar surface area (TPSA) is 104 Å². The summed E-state index contributed by atoms with van der Waals surface area (Å²) in [6, 6.07) is 8.80. The summed E-state index contributed by atoms with van der Waals surface area (Å²) in [6.07, 6.45) is 1.82. The van der Waals surface area contributed by atoms with E-state index in [-0.39, 0.29) is 10.5 Å². The number of amides is 1. The van der Waals surface area contributed by atoms with Gasteiger partial charge in [-0.3, -0.25) is 4.79 Å². The number of rotatable bonds is 6. The van der Waals surface area contributed by atoms with Crippen LogP contribution in [-0.4, -0.2) is 58.5 Å². The molecule has 0 aromatic heterocycles. The summed E-state index contributed by atoms with van der Waals surface area (Å²) in [7, 11) is -5.15. The highest BCUT2D eigenvalue weighted by Crippen LogP contribution is 2.25. The van der Waals surface area contributed by atoms with Crippen LogP contribution in [-0.2, 0) is 20.0 Å². The maximum absolute atomic E-state index is 14.1. The molecule has 8 nitrogen and oxygen atoms in total. The molecule has 0 radical (unpaired) electrons. The minimum Gasteiger partial charge on any atom is -0.322 e. The van der Waals surface area contributed by atoms with Crippen LogP contribution in [0, 0.1) is 11.7 Å². The first-order chi connectivity index (χ1) is 14.9. The molecule has 1 heterocycles. The van der Waals surface area contributed by atoms with Gasteiger partial charge in [0.15, 0.2) is 0 Å². The normalized spacial score (nSPS) is 18.0. The Labute approximate surface area is 188 Å². The Morgan fingerprint density at radius 2 is 1.75 bits per heavy atom. The van der Waals surface area contributed by atoms with E-state index < -0.39 is 36.7 Å². The largest absolute Gasteiger partial charge is 0.322 e. The molecule has 1 amide bonds. The molecular formula is C21H26FN3O5S2. The third-order valence-electron chi connectivity index (χ3n) is 5.32. The van der Waals surface area contributed by atoms with E-state index in [9.17, 15) is 26.0 Å². The molecule has 1 atom stereocenters. The zero-order valence-corrected chi connectivity index (χ0v) is 19.7. The number of nitrogens with zero attached hydrogens (tertiary/aromatic N) is 2. The zero-order chi connectivity index (χ0) is 23.7. The summed E-state index contributed by atoms with van der Waals surface area (Å²) in [6.45, 7) is 2.97. The van der Waals surface area contributed by atoms with Crippen molar-refractivity contribution in [3.63, 3.8) is 0 Å². The van der Waals surface area contributed by atoms with E-state index >= 15 is 0 Å². The fourth-order valence-corrected chi connectivity index (χ4v) is 6.05. The molecule has 0 spiro atoms. The van der Waals surface area contributed by atoms with Crippen LogP contribution in [0.15, 0.2) is 52.3 Å². The van der Waals surface area contributed by atoms with E-state index in [2.05, 4.69) is 5.32 Å². The standard InChI is InChI=1S/C21H26FN3O5S2/c1-15-5-4-12-25(14-15)31(27,28)18-9-7-17(8-10-18)23-21(26)16-6-11-19(22)20(13-16)32(29,30)24(2)3/h6-11,13,15H,4-5,12,14H2,1-3H3,(H,23,26). The zero-order valence-electron chi connectivity index (χ0n) is 18.1. The van der Waals surface area contributed by atoms with Crippen LogP contribution in [0.25, 0.3) is 0 Å². The van der Waals surface area contributed by atoms with Crippen molar-refractivity contribution in [2.45, 2.75) is 29.6 Å². The van der Waals surface area contributed by atoms with Crippen LogP contribution < -0.4 is 5.32 Å². The van der Waals surface area contributed by atoms with Gasteiger partial charge in [-0.1, -0.05) is 6.92 Å². The van der Waals surface area contributed by atoms with Crippen molar-refractivity contribution in [3.05, 3.63) is 53.8 Å². The minimum atomic E-state index is -4.07. The number of carbonyl (C=O) groups is 1. The van der Waals surface area contributed by atoms with E-state index in [1.807, 2.05) is 6.92 Å². The van der Waals surface area contributed by atoms with Crippen molar-refractivity contribution in [2.75, 3.05) is 32.5 Å². The van der Waals surface area contributed by atoms with Crippen LogP contribution >= 0.6 is 0 Å². The molecule has 0 saturated carbocycles. The van der Waals surface area contributed by atoms with Gasteiger partial charge in [0.1, 0.15) is 10.7 Å². The van der Waals surface area contributed by atoms with E-state index in [0.29, 0.717) is 24.7 Å². The number of nitrogens with one attached hydrogen (secondary N) is 1. The molecule has 0 aliphatic carbocycles. The number of anilines is 1.